The Bertz CT molecular complexity index is 590. The zero-order valence-corrected chi connectivity index (χ0v) is 11.9. The number of H-pyrrole nitrogens is 1. The first-order chi connectivity index (χ1) is 9.56. The molecule has 5 heteroatoms. The lowest BCUT2D eigenvalue weighted by Crippen LogP contribution is -2.20. The lowest BCUT2D eigenvalue weighted by Gasteiger charge is -2.13. The van der Waals surface area contributed by atoms with E-state index in [4.69, 9.17) is 4.74 Å². The van der Waals surface area contributed by atoms with Gasteiger partial charge in [-0.25, -0.2) is 0 Å². The minimum absolute atomic E-state index is 0.0321. The number of carbonyl (C=O) groups excluding carboxylic acids is 1. The van der Waals surface area contributed by atoms with Crippen molar-refractivity contribution in [3.8, 4) is 5.75 Å². The Balaban J connectivity index is 1.93. The summed E-state index contributed by atoms with van der Waals surface area (Å²) in [5.74, 6) is 1.38. The van der Waals surface area contributed by atoms with Crippen molar-refractivity contribution in [3.63, 3.8) is 0 Å². The number of nitrogens with zero attached hydrogens (tertiary/aromatic N) is 1. The summed E-state index contributed by atoms with van der Waals surface area (Å²) in [4.78, 5) is 11.8. The first kappa shape index (κ1) is 14.1. The van der Waals surface area contributed by atoms with Gasteiger partial charge in [-0.1, -0.05) is 32.0 Å². The molecule has 5 nitrogen and oxygen atoms in total. The highest BCUT2D eigenvalue weighted by Gasteiger charge is 2.10. The molecule has 0 aliphatic heterocycles. The zero-order chi connectivity index (χ0) is 14.5. The molecule has 0 unspecified atom stereocenters. The van der Waals surface area contributed by atoms with E-state index in [0.29, 0.717) is 11.7 Å². The molecule has 0 saturated heterocycles. The summed E-state index contributed by atoms with van der Waals surface area (Å²) in [7, 11) is 0. The van der Waals surface area contributed by atoms with Crippen LogP contribution in [0.4, 0.5) is 5.82 Å². The van der Waals surface area contributed by atoms with E-state index in [1.54, 1.807) is 6.07 Å². The third kappa shape index (κ3) is 3.60. The molecule has 1 heterocycles. The van der Waals surface area contributed by atoms with Crippen LogP contribution in [0.1, 0.15) is 31.0 Å². The third-order valence-corrected chi connectivity index (χ3v) is 2.87. The molecule has 0 fully saturated rings. The maximum atomic E-state index is 11.8. The Labute approximate surface area is 118 Å². The van der Waals surface area contributed by atoms with E-state index in [-0.39, 0.29) is 12.5 Å². The molecule has 2 N–H and O–H groups in total. The molecular formula is C15H19N3O2. The van der Waals surface area contributed by atoms with Crippen LogP contribution in [0.2, 0.25) is 0 Å². The average Bonchev–Trinajstić information content (AvgIpc) is 2.82. The van der Waals surface area contributed by atoms with Gasteiger partial charge in [0, 0.05) is 11.8 Å². The minimum Gasteiger partial charge on any atom is -0.483 e. The van der Waals surface area contributed by atoms with Gasteiger partial charge in [-0.3, -0.25) is 9.89 Å². The molecule has 0 atom stereocenters. The molecule has 20 heavy (non-hydrogen) atoms. The fraction of sp³-hybridized carbons (Fsp3) is 0.333. The number of carbonyl (C=O) groups is 1. The van der Waals surface area contributed by atoms with Crippen LogP contribution in [0.15, 0.2) is 30.3 Å². The highest BCUT2D eigenvalue weighted by Crippen LogP contribution is 2.25. The molecule has 0 spiro atoms. The van der Waals surface area contributed by atoms with E-state index in [9.17, 15) is 4.79 Å². The number of rotatable bonds is 5. The predicted molar refractivity (Wildman–Crippen MR) is 78.0 cm³/mol. The first-order valence-corrected chi connectivity index (χ1v) is 6.60. The van der Waals surface area contributed by atoms with Gasteiger partial charge in [0.15, 0.2) is 12.4 Å². The van der Waals surface area contributed by atoms with Crippen LogP contribution in [0.5, 0.6) is 5.75 Å². The molecule has 1 aromatic heterocycles. The number of ether oxygens (including phenoxy) is 1. The van der Waals surface area contributed by atoms with Crippen molar-refractivity contribution >= 4 is 11.7 Å². The van der Waals surface area contributed by atoms with Crippen LogP contribution in [-0.2, 0) is 4.79 Å². The molecule has 2 aromatic rings. The van der Waals surface area contributed by atoms with Gasteiger partial charge in [0.2, 0.25) is 0 Å². The fourth-order valence-electron chi connectivity index (χ4n) is 1.89. The Kier molecular flexibility index (Phi) is 4.40. The average molecular weight is 273 g/mol. The molecule has 0 saturated carbocycles. The van der Waals surface area contributed by atoms with Gasteiger partial charge in [-0.05, 0) is 24.5 Å². The van der Waals surface area contributed by atoms with Crippen LogP contribution < -0.4 is 10.1 Å². The number of hydrogen-bond acceptors (Lipinski definition) is 3. The number of aromatic nitrogens is 2. The summed E-state index contributed by atoms with van der Waals surface area (Å²) >= 11 is 0. The van der Waals surface area contributed by atoms with Crippen molar-refractivity contribution in [2.75, 3.05) is 11.9 Å². The molecule has 0 bridgehead atoms. The Hall–Kier alpha value is -2.30. The molecule has 1 amide bonds. The highest BCUT2D eigenvalue weighted by molar-refractivity contribution is 5.90. The zero-order valence-electron chi connectivity index (χ0n) is 11.9. The second kappa shape index (κ2) is 6.23. The lowest BCUT2D eigenvalue weighted by atomic mass is 10.0. The Morgan fingerprint density at radius 2 is 2.15 bits per heavy atom. The van der Waals surface area contributed by atoms with Gasteiger partial charge in [-0.2, -0.15) is 5.10 Å². The predicted octanol–water partition coefficient (Wildman–Crippen LogP) is 2.86. The van der Waals surface area contributed by atoms with E-state index in [2.05, 4.69) is 29.4 Å². The van der Waals surface area contributed by atoms with Crippen molar-refractivity contribution in [3.05, 3.63) is 41.6 Å². The van der Waals surface area contributed by atoms with Crippen molar-refractivity contribution in [2.45, 2.75) is 26.7 Å². The van der Waals surface area contributed by atoms with Gasteiger partial charge in [-0.15, -0.1) is 0 Å². The third-order valence-electron chi connectivity index (χ3n) is 2.87. The van der Waals surface area contributed by atoms with Crippen molar-refractivity contribution in [2.24, 2.45) is 0 Å². The minimum atomic E-state index is -0.227. The summed E-state index contributed by atoms with van der Waals surface area (Å²) in [6.07, 6.45) is 0. The quantitative estimate of drug-likeness (QED) is 0.880. The Morgan fingerprint density at radius 1 is 1.40 bits per heavy atom. The van der Waals surface area contributed by atoms with Crippen molar-refractivity contribution in [1.29, 1.82) is 0 Å². The van der Waals surface area contributed by atoms with Gasteiger partial charge in [0.05, 0.1) is 0 Å². The standard InChI is InChI=1S/C15H19N3O2/c1-10(2)12-6-4-5-7-13(12)20-9-15(19)16-14-8-11(3)17-18-14/h4-8,10H,9H2,1-3H3,(H2,16,17,18,19). The second-order valence-electron chi connectivity index (χ2n) is 4.97. The molecule has 0 radical (unpaired) electrons. The van der Waals surface area contributed by atoms with Crippen LogP contribution in [-0.4, -0.2) is 22.7 Å². The fourth-order valence-corrected chi connectivity index (χ4v) is 1.89. The van der Waals surface area contributed by atoms with Gasteiger partial charge < -0.3 is 10.1 Å². The number of para-hydroxylation sites is 1. The Morgan fingerprint density at radius 3 is 2.80 bits per heavy atom. The van der Waals surface area contributed by atoms with E-state index in [1.165, 1.54) is 0 Å². The summed E-state index contributed by atoms with van der Waals surface area (Å²) in [5, 5.41) is 9.39. The van der Waals surface area contributed by atoms with Gasteiger partial charge >= 0.3 is 0 Å². The summed E-state index contributed by atoms with van der Waals surface area (Å²) in [6, 6.07) is 9.52. The van der Waals surface area contributed by atoms with Gasteiger partial charge in [0.1, 0.15) is 5.75 Å². The monoisotopic (exact) mass is 273 g/mol. The van der Waals surface area contributed by atoms with Crippen LogP contribution >= 0.6 is 0 Å². The van der Waals surface area contributed by atoms with E-state index in [0.717, 1.165) is 17.0 Å². The number of nitrogens with one attached hydrogen (secondary N) is 2. The maximum Gasteiger partial charge on any atom is 0.263 e. The molecule has 1 aromatic carbocycles. The second-order valence-corrected chi connectivity index (χ2v) is 4.97. The number of aryl methyl sites for hydroxylation is 1. The lowest BCUT2D eigenvalue weighted by molar-refractivity contribution is -0.118. The summed E-state index contributed by atoms with van der Waals surface area (Å²) in [6.45, 7) is 6.03. The number of benzene rings is 1. The molecule has 0 aliphatic rings. The molecule has 2 rings (SSSR count). The first-order valence-electron chi connectivity index (χ1n) is 6.60. The molecule has 0 aliphatic carbocycles. The normalized spacial score (nSPS) is 10.6. The van der Waals surface area contributed by atoms with Crippen LogP contribution in [0, 0.1) is 6.92 Å². The number of amides is 1. The van der Waals surface area contributed by atoms with E-state index >= 15 is 0 Å². The number of hydrogen-bond donors (Lipinski definition) is 2. The molecular weight excluding hydrogens is 254 g/mol. The largest absolute Gasteiger partial charge is 0.483 e. The molecule has 106 valence electrons. The number of anilines is 1. The SMILES string of the molecule is Cc1cc(NC(=O)COc2ccccc2C(C)C)n[nH]1. The van der Waals surface area contributed by atoms with E-state index < -0.39 is 0 Å². The highest BCUT2D eigenvalue weighted by atomic mass is 16.5. The van der Waals surface area contributed by atoms with Crippen molar-refractivity contribution in [1.82, 2.24) is 10.2 Å². The maximum absolute atomic E-state index is 11.8. The van der Waals surface area contributed by atoms with Crippen LogP contribution in [0.3, 0.4) is 0 Å². The van der Waals surface area contributed by atoms with Gasteiger partial charge in [0.25, 0.3) is 5.91 Å². The van der Waals surface area contributed by atoms with Crippen molar-refractivity contribution < 1.29 is 9.53 Å². The smallest absolute Gasteiger partial charge is 0.263 e. The summed E-state index contributed by atoms with van der Waals surface area (Å²) < 4.78 is 5.59. The van der Waals surface area contributed by atoms with E-state index in [1.807, 2.05) is 31.2 Å². The topological polar surface area (TPSA) is 67.0 Å². The van der Waals surface area contributed by atoms with Crippen LogP contribution in [0.25, 0.3) is 0 Å². The number of aromatic amines is 1. The summed E-state index contributed by atoms with van der Waals surface area (Å²) in [5.41, 5.74) is 1.99.